The van der Waals surface area contributed by atoms with E-state index in [1.165, 1.54) is 11.3 Å². The molecule has 3 rings (SSSR count). The van der Waals surface area contributed by atoms with Gasteiger partial charge in [0.2, 0.25) is 5.78 Å². The molecule has 0 fully saturated rings. The van der Waals surface area contributed by atoms with E-state index >= 15 is 0 Å². The predicted molar refractivity (Wildman–Crippen MR) is 67.7 cm³/mol. The quantitative estimate of drug-likeness (QED) is 0.779. The lowest BCUT2D eigenvalue weighted by atomic mass is 10.1. The van der Waals surface area contributed by atoms with Gasteiger partial charge in [0.05, 0.1) is 16.1 Å². The minimum atomic E-state index is -0.0213. The van der Waals surface area contributed by atoms with Crippen molar-refractivity contribution in [3.8, 4) is 11.5 Å². The average Bonchev–Trinajstić information content (AvgIpc) is 2.83. The predicted octanol–water partition coefficient (Wildman–Crippen LogP) is 2.45. The summed E-state index contributed by atoms with van der Waals surface area (Å²) in [7, 11) is 0. The highest BCUT2D eigenvalue weighted by molar-refractivity contribution is 7.12. The first-order chi connectivity index (χ1) is 8.75. The average molecular weight is 261 g/mol. The summed E-state index contributed by atoms with van der Waals surface area (Å²) in [6, 6.07) is 5.27. The Bertz CT molecular complexity index is 606. The van der Waals surface area contributed by atoms with Gasteiger partial charge in [-0.25, -0.2) is 4.98 Å². The fourth-order valence-electron chi connectivity index (χ4n) is 1.84. The second-order valence-electron chi connectivity index (χ2n) is 3.95. The number of carbonyl (C=O) groups excluding carboxylic acids is 1. The summed E-state index contributed by atoms with van der Waals surface area (Å²) >= 11 is 1.36. The molecule has 4 nitrogen and oxygen atoms in total. The summed E-state index contributed by atoms with van der Waals surface area (Å²) in [5.74, 6) is 1.31. The Kier molecular flexibility index (Phi) is 2.76. The number of hydrogen-bond donors (Lipinski definition) is 0. The summed E-state index contributed by atoms with van der Waals surface area (Å²) in [4.78, 5) is 17.1. The maximum atomic E-state index is 12.3. The molecule has 92 valence electrons. The number of nitrogens with zero attached hydrogens (tertiary/aromatic N) is 1. The number of aryl methyl sites for hydroxylation is 1. The second kappa shape index (κ2) is 4.42. The standard InChI is InChI=1S/C13H11NO3S/c1-8-13(18-7-14-8)12(15)9-2-3-10-11(6-9)17-5-4-16-10/h2-3,6-7H,4-5H2,1H3. The molecule has 18 heavy (non-hydrogen) atoms. The molecule has 0 radical (unpaired) electrons. The molecule has 0 amide bonds. The highest BCUT2D eigenvalue weighted by Crippen LogP contribution is 2.32. The maximum absolute atomic E-state index is 12.3. The lowest BCUT2D eigenvalue weighted by Crippen LogP contribution is -2.15. The molecule has 1 aromatic carbocycles. The van der Waals surface area contributed by atoms with Gasteiger partial charge in [-0.15, -0.1) is 11.3 Å². The van der Waals surface area contributed by atoms with E-state index in [2.05, 4.69) is 4.98 Å². The SMILES string of the molecule is Cc1ncsc1C(=O)c1ccc2c(c1)OCCO2. The fourth-order valence-corrected chi connectivity index (χ4v) is 2.60. The number of fused-ring (bicyclic) bond motifs is 1. The van der Waals surface area contributed by atoms with Crippen LogP contribution in [-0.4, -0.2) is 24.0 Å². The highest BCUT2D eigenvalue weighted by Gasteiger charge is 2.18. The van der Waals surface area contributed by atoms with Crippen LogP contribution >= 0.6 is 11.3 Å². The maximum Gasteiger partial charge on any atom is 0.204 e. The molecule has 1 aliphatic rings. The number of aromatic nitrogens is 1. The Labute approximate surface area is 108 Å². The van der Waals surface area contributed by atoms with Crippen LogP contribution < -0.4 is 9.47 Å². The van der Waals surface area contributed by atoms with Crippen molar-refractivity contribution >= 4 is 17.1 Å². The third kappa shape index (κ3) is 1.86. The van der Waals surface area contributed by atoms with E-state index in [9.17, 15) is 4.79 Å². The molecule has 2 heterocycles. The molecule has 1 aromatic heterocycles. The summed E-state index contributed by atoms with van der Waals surface area (Å²) in [5, 5.41) is 0. The van der Waals surface area contributed by atoms with Crippen molar-refractivity contribution in [2.24, 2.45) is 0 Å². The zero-order valence-electron chi connectivity index (χ0n) is 9.80. The first-order valence-electron chi connectivity index (χ1n) is 5.60. The van der Waals surface area contributed by atoms with Crippen LogP contribution in [0.3, 0.4) is 0 Å². The molecule has 0 atom stereocenters. The van der Waals surface area contributed by atoms with Crippen LogP contribution in [0.4, 0.5) is 0 Å². The highest BCUT2D eigenvalue weighted by atomic mass is 32.1. The minimum Gasteiger partial charge on any atom is -0.486 e. The van der Waals surface area contributed by atoms with Gasteiger partial charge in [0, 0.05) is 5.56 Å². The van der Waals surface area contributed by atoms with E-state index in [4.69, 9.17) is 9.47 Å². The monoisotopic (exact) mass is 261 g/mol. The number of hydrogen-bond acceptors (Lipinski definition) is 5. The van der Waals surface area contributed by atoms with E-state index in [-0.39, 0.29) is 5.78 Å². The van der Waals surface area contributed by atoms with Crippen LogP contribution in [0.1, 0.15) is 20.9 Å². The van der Waals surface area contributed by atoms with Crippen LogP contribution in [0.25, 0.3) is 0 Å². The van der Waals surface area contributed by atoms with Gasteiger partial charge >= 0.3 is 0 Å². The van der Waals surface area contributed by atoms with E-state index in [1.807, 2.05) is 6.92 Å². The largest absolute Gasteiger partial charge is 0.486 e. The molecule has 0 spiro atoms. The second-order valence-corrected chi connectivity index (χ2v) is 4.81. The van der Waals surface area contributed by atoms with E-state index in [0.29, 0.717) is 35.2 Å². The molecule has 2 aromatic rings. The fraction of sp³-hybridized carbons (Fsp3) is 0.231. The van der Waals surface area contributed by atoms with Crippen molar-refractivity contribution in [1.82, 2.24) is 4.98 Å². The molecule has 1 aliphatic heterocycles. The number of thiazole rings is 1. The lowest BCUT2D eigenvalue weighted by molar-refractivity contribution is 0.104. The van der Waals surface area contributed by atoms with Crippen molar-refractivity contribution < 1.29 is 14.3 Å². The molecular formula is C13H11NO3S. The minimum absolute atomic E-state index is 0.0213. The molecule has 5 heteroatoms. The Morgan fingerprint density at radius 2 is 2.06 bits per heavy atom. The zero-order valence-corrected chi connectivity index (χ0v) is 10.6. The Morgan fingerprint density at radius 1 is 1.28 bits per heavy atom. The smallest absolute Gasteiger partial charge is 0.204 e. The van der Waals surface area contributed by atoms with Crippen LogP contribution in [-0.2, 0) is 0 Å². The van der Waals surface area contributed by atoms with Gasteiger partial charge in [-0.2, -0.15) is 0 Å². The Hall–Kier alpha value is -1.88. The molecule has 0 N–H and O–H groups in total. The lowest BCUT2D eigenvalue weighted by Gasteiger charge is -2.18. The van der Waals surface area contributed by atoms with Crippen molar-refractivity contribution in [1.29, 1.82) is 0 Å². The molecule has 0 unspecified atom stereocenters. The van der Waals surface area contributed by atoms with Gasteiger partial charge in [-0.05, 0) is 25.1 Å². The molecule has 0 bridgehead atoms. The van der Waals surface area contributed by atoms with Gasteiger partial charge in [0.25, 0.3) is 0 Å². The molecule has 0 aliphatic carbocycles. The topological polar surface area (TPSA) is 48.4 Å². The van der Waals surface area contributed by atoms with Gasteiger partial charge in [0.15, 0.2) is 11.5 Å². The van der Waals surface area contributed by atoms with Crippen molar-refractivity contribution in [3.05, 3.63) is 39.8 Å². The summed E-state index contributed by atoms with van der Waals surface area (Å²) < 4.78 is 10.9. The third-order valence-electron chi connectivity index (χ3n) is 2.76. The Balaban J connectivity index is 1.98. The van der Waals surface area contributed by atoms with Crippen LogP contribution in [0, 0.1) is 6.92 Å². The van der Waals surface area contributed by atoms with Crippen molar-refractivity contribution in [2.45, 2.75) is 6.92 Å². The van der Waals surface area contributed by atoms with Gasteiger partial charge in [-0.3, -0.25) is 4.79 Å². The molecular weight excluding hydrogens is 250 g/mol. The van der Waals surface area contributed by atoms with Gasteiger partial charge < -0.3 is 9.47 Å². The van der Waals surface area contributed by atoms with Crippen LogP contribution in [0.15, 0.2) is 23.7 Å². The number of ether oxygens (including phenoxy) is 2. The summed E-state index contributed by atoms with van der Waals surface area (Å²) in [6.07, 6.45) is 0. The molecule has 0 saturated carbocycles. The van der Waals surface area contributed by atoms with E-state index in [0.717, 1.165) is 5.69 Å². The normalized spacial score (nSPS) is 13.4. The summed E-state index contributed by atoms with van der Waals surface area (Å²) in [5.41, 5.74) is 3.05. The number of rotatable bonds is 2. The third-order valence-corrected chi connectivity index (χ3v) is 3.68. The van der Waals surface area contributed by atoms with Crippen molar-refractivity contribution in [2.75, 3.05) is 13.2 Å². The summed E-state index contributed by atoms with van der Waals surface area (Å²) in [6.45, 7) is 2.90. The van der Waals surface area contributed by atoms with E-state index < -0.39 is 0 Å². The first-order valence-corrected chi connectivity index (χ1v) is 6.48. The van der Waals surface area contributed by atoms with Gasteiger partial charge in [-0.1, -0.05) is 0 Å². The molecule has 0 saturated heterocycles. The van der Waals surface area contributed by atoms with Gasteiger partial charge in [0.1, 0.15) is 13.2 Å². The van der Waals surface area contributed by atoms with E-state index in [1.54, 1.807) is 23.7 Å². The van der Waals surface area contributed by atoms with Crippen LogP contribution in [0.5, 0.6) is 11.5 Å². The Morgan fingerprint density at radius 3 is 2.78 bits per heavy atom. The first kappa shape index (κ1) is 11.2. The number of carbonyl (C=O) groups is 1. The van der Waals surface area contributed by atoms with Crippen LogP contribution in [0.2, 0.25) is 0 Å². The number of benzene rings is 1. The zero-order chi connectivity index (χ0) is 12.5. The van der Waals surface area contributed by atoms with Crippen molar-refractivity contribution in [3.63, 3.8) is 0 Å². The number of ketones is 1.